The van der Waals surface area contributed by atoms with Crippen LogP contribution in [0.2, 0.25) is 10.0 Å². The Balaban J connectivity index is 2.34. The molecule has 2 rings (SSSR count). The van der Waals surface area contributed by atoms with Crippen LogP contribution in [0.25, 0.3) is 0 Å². The number of aliphatic hydroxyl groups is 1. The highest BCUT2D eigenvalue weighted by atomic mass is 35.5. The Kier molecular flexibility index (Phi) is 6.19. The number of anilines is 2. The predicted molar refractivity (Wildman–Crippen MR) is 99.0 cm³/mol. The van der Waals surface area contributed by atoms with Crippen molar-refractivity contribution in [2.45, 2.75) is 23.6 Å². The lowest BCUT2D eigenvalue weighted by Crippen LogP contribution is -2.52. The van der Waals surface area contributed by atoms with E-state index in [2.05, 4.69) is 4.72 Å². The van der Waals surface area contributed by atoms with Gasteiger partial charge in [-0.1, -0.05) is 41.4 Å². The number of hydrogen-bond donors (Lipinski definition) is 3. The first-order valence-electron chi connectivity index (χ1n) is 7.44. The van der Waals surface area contributed by atoms with Crippen molar-refractivity contribution in [1.82, 2.24) is 0 Å². The summed E-state index contributed by atoms with van der Waals surface area (Å²) in [4.78, 5) is 11.3. The normalized spacial score (nSPS) is 14.2. The molecule has 0 aliphatic carbocycles. The Bertz CT molecular complexity index is 997. The van der Waals surface area contributed by atoms with Crippen LogP contribution >= 0.6 is 23.2 Å². The maximum Gasteiger partial charge on any atom is 0.426 e. The summed E-state index contributed by atoms with van der Waals surface area (Å²) >= 11 is 11.9. The largest absolute Gasteiger partial charge is 0.426 e. The number of sulfonamides is 1. The maximum atomic E-state index is 12.7. The van der Waals surface area contributed by atoms with Crippen LogP contribution in [0.1, 0.15) is 6.92 Å². The van der Waals surface area contributed by atoms with E-state index in [0.29, 0.717) is 0 Å². The summed E-state index contributed by atoms with van der Waals surface area (Å²) in [5.41, 5.74) is -3.85. The summed E-state index contributed by atoms with van der Waals surface area (Å²) in [5, 5.41) is 10.1. The molecule has 0 bridgehead atoms. The average molecular weight is 457 g/mol. The van der Waals surface area contributed by atoms with Gasteiger partial charge in [0.25, 0.3) is 15.9 Å². The molecular weight excluding hydrogens is 444 g/mol. The minimum atomic E-state index is -5.24. The van der Waals surface area contributed by atoms with E-state index < -0.39 is 48.3 Å². The highest BCUT2D eigenvalue weighted by Crippen LogP contribution is 2.37. The van der Waals surface area contributed by atoms with Gasteiger partial charge in [-0.2, -0.15) is 13.2 Å². The second-order valence-corrected chi connectivity index (χ2v) is 8.14. The average Bonchev–Trinajstić information content (AvgIpc) is 2.58. The molecule has 28 heavy (non-hydrogen) atoms. The van der Waals surface area contributed by atoms with Gasteiger partial charge in [-0.15, -0.1) is 0 Å². The number of nitrogens with one attached hydrogen (secondary N) is 2. The van der Waals surface area contributed by atoms with Crippen molar-refractivity contribution < 1.29 is 31.5 Å². The van der Waals surface area contributed by atoms with E-state index in [9.17, 15) is 31.5 Å². The second-order valence-electron chi connectivity index (χ2n) is 5.73. The van der Waals surface area contributed by atoms with E-state index in [-0.39, 0.29) is 12.6 Å². The van der Waals surface area contributed by atoms with E-state index in [1.807, 2.05) is 0 Å². The molecule has 0 aliphatic heterocycles. The molecule has 0 aliphatic rings. The van der Waals surface area contributed by atoms with Gasteiger partial charge in [0.05, 0.1) is 15.7 Å². The fraction of sp³-hybridized carbons (Fsp3) is 0.188. The van der Waals surface area contributed by atoms with Crippen molar-refractivity contribution in [3.05, 3.63) is 52.5 Å². The number of amides is 1. The summed E-state index contributed by atoms with van der Waals surface area (Å²) in [6, 6.07) is 9.75. The molecule has 0 saturated carbocycles. The zero-order valence-electron chi connectivity index (χ0n) is 14.0. The Labute approximate surface area is 168 Å². The Morgan fingerprint density at radius 3 is 2.14 bits per heavy atom. The van der Waals surface area contributed by atoms with Crippen LogP contribution < -0.4 is 10.0 Å². The van der Waals surface area contributed by atoms with Crippen LogP contribution in [0.15, 0.2) is 47.4 Å². The number of alkyl halides is 3. The third kappa shape index (κ3) is 4.52. The number of benzene rings is 2. The van der Waals surface area contributed by atoms with E-state index in [1.54, 1.807) is 23.5 Å². The van der Waals surface area contributed by atoms with E-state index in [0.717, 1.165) is 12.1 Å². The first-order valence-corrected chi connectivity index (χ1v) is 9.67. The van der Waals surface area contributed by atoms with Gasteiger partial charge in [0.2, 0.25) is 5.60 Å². The van der Waals surface area contributed by atoms with Crippen molar-refractivity contribution in [3.63, 3.8) is 0 Å². The highest BCUT2D eigenvalue weighted by Gasteiger charge is 2.55. The van der Waals surface area contributed by atoms with Gasteiger partial charge in [0, 0.05) is 5.69 Å². The second kappa shape index (κ2) is 7.78. The number of carbonyl (C=O) groups is 1. The smallest absolute Gasteiger partial charge is 0.373 e. The van der Waals surface area contributed by atoms with Crippen molar-refractivity contribution in [2.75, 3.05) is 10.0 Å². The predicted octanol–water partition coefficient (Wildman–Crippen LogP) is 4.05. The van der Waals surface area contributed by atoms with Crippen molar-refractivity contribution in [3.8, 4) is 0 Å². The van der Waals surface area contributed by atoms with E-state index >= 15 is 0 Å². The molecule has 2 aromatic carbocycles. The van der Waals surface area contributed by atoms with Gasteiger partial charge in [0.15, 0.2) is 0 Å². The molecule has 0 aromatic heterocycles. The fourth-order valence-electron chi connectivity index (χ4n) is 1.92. The molecule has 0 heterocycles. The van der Waals surface area contributed by atoms with Gasteiger partial charge in [-0.3, -0.25) is 9.52 Å². The molecule has 1 atom stereocenters. The molecule has 12 heteroatoms. The van der Waals surface area contributed by atoms with Crippen LogP contribution in [0, 0.1) is 0 Å². The molecule has 0 spiro atoms. The zero-order chi connectivity index (χ0) is 21.3. The van der Waals surface area contributed by atoms with Gasteiger partial charge in [-0.25, -0.2) is 8.42 Å². The highest BCUT2D eigenvalue weighted by molar-refractivity contribution is 7.92. The van der Waals surface area contributed by atoms with Gasteiger partial charge >= 0.3 is 6.18 Å². The molecule has 1 amide bonds. The van der Waals surface area contributed by atoms with Crippen LogP contribution in [-0.4, -0.2) is 31.2 Å². The van der Waals surface area contributed by atoms with Crippen molar-refractivity contribution >= 4 is 50.5 Å². The molecule has 2 aromatic rings. The third-order valence-electron chi connectivity index (χ3n) is 3.60. The SMILES string of the molecule is CC(O)(C(=O)Nc1ccc(S(=O)(=O)Nc2ccccc2)c(Cl)c1Cl)C(F)(F)F. The quantitative estimate of drug-likeness (QED) is 0.632. The Hall–Kier alpha value is -2.01. The monoisotopic (exact) mass is 456 g/mol. The molecule has 1 unspecified atom stereocenters. The number of carbonyl (C=O) groups excluding carboxylic acids is 1. The topological polar surface area (TPSA) is 95.5 Å². The minimum absolute atomic E-state index is 0.244. The standard InChI is InChI=1S/C16H13Cl2F3N2O4S/c1-15(25,16(19,20)21)14(24)22-10-7-8-11(13(18)12(10)17)28(26,27)23-9-5-3-2-4-6-9/h2-8,23,25H,1H3,(H,22,24). The first-order chi connectivity index (χ1) is 12.8. The minimum Gasteiger partial charge on any atom is -0.373 e. The van der Waals surface area contributed by atoms with Gasteiger partial charge in [-0.05, 0) is 31.2 Å². The summed E-state index contributed by atoms with van der Waals surface area (Å²) in [6.07, 6.45) is -5.24. The van der Waals surface area contributed by atoms with Crippen LogP contribution in [-0.2, 0) is 14.8 Å². The summed E-state index contributed by atoms with van der Waals surface area (Å²) < 4.78 is 65.4. The summed E-state index contributed by atoms with van der Waals surface area (Å²) in [5.74, 6) is -1.81. The van der Waals surface area contributed by atoms with Crippen molar-refractivity contribution in [2.24, 2.45) is 0 Å². The van der Waals surface area contributed by atoms with E-state index in [4.69, 9.17) is 23.2 Å². The fourth-order valence-corrected chi connectivity index (χ4v) is 3.80. The Morgan fingerprint density at radius 1 is 1.04 bits per heavy atom. The molecule has 0 fully saturated rings. The van der Waals surface area contributed by atoms with Crippen LogP contribution in [0.3, 0.4) is 0 Å². The maximum absolute atomic E-state index is 12.7. The Morgan fingerprint density at radius 2 is 1.61 bits per heavy atom. The van der Waals surface area contributed by atoms with Crippen LogP contribution in [0.4, 0.5) is 24.5 Å². The first kappa shape index (κ1) is 22.3. The van der Waals surface area contributed by atoms with Gasteiger partial charge in [0.1, 0.15) is 4.90 Å². The third-order valence-corrected chi connectivity index (χ3v) is 6.02. The van der Waals surface area contributed by atoms with Gasteiger partial charge < -0.3 is 10.4 Å². The number of para-hydroxylation sites is 1. The number of hydrogen-bond acceptors (Lipinski definition) is 4. The number of rotatable bonds is 5. The van der Waals surface area contributed by atoms with Crippen LogP contribution in [0.5, 0.6) is 0 Å². The lowest BCUT2D eigenvalue weighted by molar-refractivity contribution is -0.242. The molecule has 0 saturated heterocycles. The molecular formula is C16H13Cl2F3N2O4S. The molecule has 152 valence electrons. The van der Waals surface area contributed by atoms with E-state index in [1.165, 1.54) is 12.1 Å². The molecule has 3 N–H and O–H groups in total. The van der Waals surface area contributed by atoms with Crippen molar-refractivity contribution in [1.29, 1.82) is 0 Å². The lowest BCUT2D eigenvalue weighted by Gasteiger charge is -2.25. The summed E-state index contributed by atoms with van der Waals surface area (Å²) in [6.45, 7) is 0.264. The number of halogens is 5. The zero-order valence-corrected chi connectivity index (χ0v) is 16.3. The molecule has 0 radical (unpaired) electrons. The summed E-state index contributed by atoms with van der Waals surface area (Å²) in [7, 11) is -4.17. The molecule has 6 nitrogen and oxygen atoms in total. The lowest BCUT2D eigenvalue weighted by atomic mass is 10.1.